The van der Waals surface area contributed by atoms with Crippen molar-refractivity contribution >= 4 is 46.8 Å². The molecular weight excluding hydrogens is 265 g/mol. The second kappa shape index (κ2) is 5.34. The number of hydrogen-bond acceptors (Lipinski definition) is 3. The highest BCUT2D eigenvalue weighted by Gasteiger charge is 2.13. The van der Waals surface area contributed by atoms with Gasteiger partial charge in [-0.25, -0.2) is 0 Å². The number of benzene rings is 1. The van der Waals surface area contributed by atoms with Crippen molar-refractivity contribution in [1.82, 2.24) is 0 Å². The molecule has 1 heterocycles. The maximum Gasteiger partial charge on any atom is 0.204 e. The molecule has 0 aliphatic carbocycles. The zero-order chi connectivity index (χ0) is 10.8. The molecular formula is C11H9Cl2NOS. The molecule has 1 aromatic heterocycles. The van der Waals surface area contributed by atoms with E-state index in [9.17, 15) is 4.79 Å². The summed E-state index contributed by atoms with van der Waals surface area (Å²) >= 11 is 7.33. The van der Waals surface area contributed by atoms with Gasteiger partial charge in [-0.2, -0.15) is 0 Å². The Bertz CT molecular complexity index is 497. The summed E-state index contributed by atoms with van der Waals surface area (Å²) in [6, 6.07) is 8.51. The lowest BCUT2D eigenvalue weighted by Crippen LogP contribution is -2.00. The average molecular weight is 274 g/mol. The van der Waals surface area contributed by atoms with Crippen molar-refractivity contribution in [1.29, 1.82) is 0 Å². The van der Waals surface area contributed by atoms with Crippen LogP contribution in [0.15, 0.2) is 35.7 Å². The van der Waals surface area contributed by atoms with Gasteiger partial charge < -0.3 is 5.73 Å². The van der Waals surface area contributed by atoms with E-state index in [1.807, 2.05) is 11.4 Å². The maximum absolute atomic E-state index is 12.0. The molecule has 0 aliphatic rings. The standard InChI is InChI=1S/C11H8ClNOS.ClH/c12-9-4-3-7(13)6-8(9)11(14)10-2-1-5-15-10;/h1-6H,13H2;1H. The Kier molecular flexibility index (Phi) is 4.35. The Hall–Kier alpha value is -1.03. The van der Waals surface area contributed by atoms with E-state index < -0.39 is 0 Å². The molecule has 0 saturated heterocycles. The summed E-state index contributed by atoms with van der Waals surface area (Å²) < 4.78 is 0. The van der Waals surface area contributed by atoms with Crippen molar-refractivity contribution in [2.45, 2.75) is 0 Å². The third kappa shape index (κ3) is 2.55. The first-order valence-electron chi connectivity index (χ1n) is 4.31. The molecule has 0 saturated carbocycles. The molecule has 0 fully saturated rings. The van der Waals surface area contributed by atoms with Crippen molar-refractivity contribution in [2.24, 2.45) is 0 Å². The highest BCUT2D eigenvalue weighted by Crippen LogP contribution is 2.23. The predicted molar refractivity (Wildman–Crippen MR) is 70.9 cm³/mol. The minimum atomic E-state index is -0.0812. The fraction of sp³-hybridized carbons (Fsp3) is 0. The van der Waals surface area contributed by atoms with Crippen molar-refractivity contribution < 1.29 is 4.79 Å². The second-order valence-corrected chi connectivity index (χ2v) is 4.40. The number of anilines is 1. The average Bonchev–Trinajstić information content (AvgIpc) is 2.74. The Morgan fingerprint density at radius 2 is 2.06 bits per heavy atom. The van der Waals surface area contributed by atoms with Crippen LogP contribution in [0.1, 0.15) is 15.2 Å². The summed E-state index contributed by atoms with van der Waals surface area (Å²) in [4.78, 5) is 12.6. The topological polar surface area (TPSA) is 43.1 Å². The lowest BCUT2D eigenvalue weighted by Gasteiger charge is -2.02. The quantitative estimate of drug-likeness (QED) is 0.671. The van der Waals surface area contributed by atoms with Gasteiger partial charge in [0, 0.05) is 11.3 Å². The summed E-state index contributed by atoms with van der Waals surface area (Å²) in [6.45, 7) is 0. The van der Waals surface area contributed by atoms with Crippen LogP contribution >= 0.6 is 35.3 Å². The lowest BCUT2D eigenvalue weighted by molar-refractivity contribution is 0.104. The molecule has 84 valence electrons. The van der Waals surface area contributed by atoms with Crippen molar-refractivity contribution in [3.05, 3.63) is 51.2 Å². The van der Waals surface area contributed by atoms with Gasteiger partial charge in [-0.1, -0.05) is 17.7 Å². The molecule has 1 aromatic carbocycles. The van der Waals surface area contributed by atoms with E-state index in [0.717, 1.165) is 0 Å². The normalized spacial score (nSPS) is 9.56. The van der Waals surface area contributed by atoms with Gasteiger partial charge in [0.1, 0.15) is 0 Å². The van der Waals surface area contributed by atoms with Crippen LogP contribution in [0, 0.1) is 0 Å². The number of nitrogens with two attached hydrogens (primary N) is 1. The lowest BCUT2D eigenvalue weighted by atomic mass is 10.1. The Balaban J connectivity index is 0.00000128. The van der Waals surface area contributed by atoms with E-state index in [4.69, 9.17) is 17.3 Å². The van der Waals surface area contributed by atoms with Gasteiger partial charge in [-0.3, -0.25) is 4.79 Å². The number of carbonyl (C=O) groups is 1. The summed E-state index contributed by atoms with van der Waals surface area (Å²) in [5.74, 6) is -0.0812. The highest BCUT2D eigenvalue weighted by atomic mass is 35.5. The van der Waals surface area contributed by atoms with E-state index in [0.29, 0.717) is 21.2 Å². The molecule has 0 spiro atoms. The van der Waals surface area contributed by atoms with Crippen molar-refractivity contribution in [2.75, 3.05) is 5.73 Å². The molecule has 0 aliphatic heterocycles. The van der Waals surface area contributed by atoms with Crippen molar-refractivity contribution in [3.63, 3.8) is 0 Å². The van der Waals surface area contributed by atoms with Gasteiger partial charge in [0.25, 0.3) is 0 Å². The molecule has 2 nitrogen and oxygen atoms in total. The molecule has 0 atom stereocenters. The molecule has 2 rings (SSSR count). The molecule has 0 bridgehead atoms. The maximum atomic E-state index is 12.0. The van der Waals surface area contributed by atoms with E-state index >= 15 is 0 Å². The molecule has 0 amide bonds. The van der Waals surface area contributed by atoms with Crippen LogP contribution in [0.2, 0.25) is 5.02 Å². The monoisotopic (exact) mass is 273 g/mol. The summed E-state index contributed by atoms with van der Waals surface area (Å²) in [7, 11) is 0. The Morgan fingerprint density at radius 3 is 2.69 bits per heavy atom. The van der Waals surface area contributed by atoms with E-state index in [1.54, 1.807) is 24.3 Å². The minimum absolute atomic E-state index is 0. The molecule has 0 radical (unpaired) electrons. The first-order chi connectivity index (χ1) is 7.18. The van der Waals surface area contributed by atoms with Gasteiger partial charge >= 0.3 is 0 Å². The zero-order valence-corrected chi connectivity index (χ0v) is 10.5. The van der Waals surface area contributed by atoms with Crippen LogP contribution in [0.4, 0.5) is 5.69 Å². The fourth-order valence-corrected chi connectivity index (χ4v) is 2.14. The third-order valence-corrected chi connectivity index (χ3v) is 3.18. The minimum Gasteiger partial charge on any atom is -0.399 e. The summed E-state index contributed by atoms with van der Waals surface area (Å²) in [6.07, 6.45) is 0. The molecule has 0 unspecified atom stereocenters. The Morgan fingerprint density at radius 1 is 1.31 bits per heavy atom. The number of nitrogen functional groups attached to an aromatic ring is 1. The molecule has 2 aromatic rings. The van der Waals surface area contributed by atoms with Crippen LogP contribution in [-0.4, -0.2) is 5.78 Å². The molecule has 5 heteroatoms. The molecule has 16 heavy (non-hydrogen) atoms. The van der Waals surface area contributed by atoms with Gasteiger partial charge in [-0.15, -0.1) is 23.7 Å². The summed E-state index contributed by atoms with van der Waals surface area (Å²) in [5.41, 5.74) is 6.61. The zero-order valence-electron chi connectivity index (χ0n) is 8.14. The van der Waals surface area contributed by atoms with Crippen LogP contribution in [0.3, 0.4) is 0 Å². The van der Waals surface area contributed by atoms with Gasteiger partial charge in [0.05, 0.1) is 9.90 Å². The summed E-state index contributed by atoms with van der Waals surface area (Å²) in [5, 5.41) is 2.29. The van der Waals surface area contributed by atoms with E-state index in [1.165, 1.54) is 11.3 Å². The first kappa shape index (κ1) is 13.0. The highest BCUT2D eigenvalue weighted by molar-refractivity contribution is 7.12. The fourth-order valence-electron chi connectivity index (χ4n) is 1.26. The van der Waals surface area contributed by atoms with Crippen LogP contribution in [-0.2, 0) is 0 Å². The Labute approximate surface area is 108 Å². The van der Waals surface area contributed by atoms with Crippen LogP contribution in [0.25, 0.3) is 0 Å². The van der Waals surface area contributed by atoms with Gasteiger partial charge in [0.15, 0.2) is 0 Å². The van der Waals surface area contributed by atoms with Crippen LogP contribution in [0.5, 0.6) is 0 Å². The second-order valence-electron chi connectivity index (χ2n) is 3.05. The van der Waals surface area contributed by atoms with E-state index in [2.05, 4.69) is 0 Å². The predicted octanol–water partition coefficient (Wildman–Crippen LogP) is 3.64. The van der Waals surface area contributed by atoms with Gasteiger partial charge in [-0.05, 0) is 29.6 Å². The van der Waals surface area contributed by atoms with Crippen molar-refractivity contribution in [3.8, 4) is 0 Å². The third-order valence-electron chi connectivity index (χ3n) is 1.98. The number of thiophene rings is 1. The smallest absolute Gasteiger partial charge is 0.204 e. The molecule has 2 N–H and O–H groups in total. The number of rotatable bonds is 2. The number of hydrogen-bond donors (Lipinski definition) is 1. The van der Waals surface area contributed by atoms with E-state index in [-0.39, 0.29) is 18.2 Å². The SMILES string of the molecule is Cl.Nc1ccc(Cl)c(C(=O)c2cccs2)c1. The number of halogens is 2. The first-order valence-corrected chi connectivity index (χ1v) is 5.57. The van der Waals surface area contributed by atoms with Crippen LogP contribution < -0.4 is 5.73 Å². The number of ketones is 1. The van der Waals surface area contributed by atoms with Gasteiger partial charge in [0.2, 0.25) is 5.78 Å². The number of carbonyl (C=O) groups excluding carboxylic acids is 1. The largest absolute Gasteiger partial charge is 0.399 e.